The van der Waals surface area contributed by atoms with Gasteiger partial charge in [0.1, 0.15) is 5.75 Å². The average molecular weight is 360 g/mol. The molecule has 0 fully saturated rings. The summed E-state index contributed by atoms with van der Waals surface area (Å²) in [5, 5.41) is 0. The molecule has 0 aliphatic heterocycles. The lowest BCUT2D eigenvalue weighted by Crippen LogP contribution is -2.14. The third kappa shape index (κ3) is 4.89. The zero-order chi connectivity index (χ0) is 19.1. The number of Topliss-reactive ketones (excluding diaryl/α,β-unsaturated/α-hetero) is 1. The fourth-order valence-corrected chi connectivity index (χ4v) is 2.32. The van der Waals surface area contributed by atoms with Gasteiger partial charge < -0.3 is 9.47 Å². The van der Waals surface area contributed by atoms with E-state index in [0.29, 0.717) is 22.4 Å². The molecule has 0 bridgehead atoms. The van der Waals surface area contributed by atoms with Gasteiger partial charge in [-0.15, -0.1) is 0 Å². The summed E-state index contributed by atoms with van der Waals surface area (Å²) >= 11 is 0. The molecule has 3 aromatic carbocycles. The monoisotopic (exact) mass is 360 g/mol. The van der Waals surface area contributed by atoms with Crippen LogP contribution in [0.3, 0.4) is 0 Å². The molecule has 5 nitrogen and oxygen atoms in total. The number of ketones is 1. The first kappa shape index (κ1) is 18.1. The van der Waals surface area contributed by atoms with Crippen molar-refractivity contribution in [2.45, 2.75) is 0 Å². The van der Waals surface area contributed by atoms with Crippen LogP contribution < -0.4 is 4.74 Å². The van der Waals surface area contributed by atoms with Crippen molar-refractivity contribution >= 4 is 17.7 Å². The van der Waals surface area contributed by atoms with Crippen molar-refractivity contribution in [2.75, 3.05) is 6.61 Å². The Morgan fingerprint density at radius 3 is 1.67 bits per heavy atom. The fourth-order valence-electron chi connectivity index (χ4n) is 2.32. The van der Waals surface area contributed by atoms with Crippen LogP contribution in [0.1, 0.15) is 31.1 Å². The van der Waals surface area contributed by atoms with Crippen molar-refractivity contribution in [1.82, 2.24) is 0 Å². The number of ether oxygens (including phenoxy) is 2. The van der Waals surface area contributed by atoms with Crippen molar-refractivity contribution in [3.63, 3.8) is 0 Å². The van der Waals surface area contributed by atoms with Gasteiger partial charge in [-0.2, -0.15) is 0 Å². The third-order valence-electron chi connectivity index (χ3n) is 3.74. The second-order valence-electron chi connectivity index (χ2n) is 5.65. The maximum atomic E-state index is 12.2. The molecule has 0 saturated heterocycles. The fraction of sp³-hybridized carbons (Fsp3) is 0.0455. The van der Waals surface area contributed by atoms with Gasteiger partial charge in [-0.1, -0.05) is 36.4 Å². The van der Waals surface area contributed by atoms with Gasteiger partial charge >= 0.3 is 11.9 Å². The standard InChI is InChI=1S/C22H16O5/c23-20(15-26-21(24)17-7-3-1-4-8-17)16-11-13-19(14-12-16)27-22(25)18-9-5-2-6-10-18/h1-14H,15H2. The van der Waals surface area contributed by atoms with Crippen molar-refractivity contribution in [1.29, 1.82) is 0 Å². The summed E-state index contributed by atoms with van der Waals surface area (Å²) in [4.78, 5) is 36.0. The van der Waals surface area contributed by atoms with E-state index in [2.05, 4.69) is 0 Å². The van der Waals surface area contributed by atoms with Crippen LogP contribution >= 0.6 is 0 Å². The van der Waals surface area contributed by atoms with E-state index >= 15 is 0 Å². The Morgan fingerprint density at radius 2 is 1.11 bits per heavy atom. The highest BCUT2D eigenvalue weighted by atomic mass is 16.5. The smallest absolute Gasteiger partial charge is 0.343 e. The molecule has 134 valence electrons. The van der Waals surface area contributed by atoms with Crippen LogP contribution in [0.15, 0.2) is 84.9 Å². The highest BCUT2D eigenvalue weighted by molar-refractivity contribution is 5.99. The second kappa shape index (κ2) is 8.58. The molecule has 3 rings (SSSR count). The van der Waals surface area contributed by atoms with E-state index in [-0.39, 0.29) is 12.4 Å². The van der Waals surface area contributed by atoms with Gasteiger partial charge in [0, 0.05) is 5.56 Å². The van der Waals surface area contributed by atoms with E-state index < -0.39 is 11.9 Å². The van der Waals surface area contributed by atoms with Crippen molar-refractivity contribution in [2.24, 2.45) is 0 Å². The molecule has 3 aromatic rings. The van der Waals surface area contributed by atoms with E-state index in [0.717, 1.165) is 0 Å². The molecular weight excluding hydrogens is 344 g/mol. The van der Waals surface area contributed by atoms with Gasteiger partial charge in [0.15, 0.2) is 12.4 Å². The number of esters is 2. The minimum absolute atomic E-state index is 0.321. The number of rotatable bonds is 6. The lowest BCUT2D eigenvalue weighted by molar-refractivity contribution is 0.0474. The molecule has 5 heteroatoms. The molecule has 0 unspecified atom stereocenters. The normalized spacial score (nSPS) is 10.1. The van der Waals surface area contributed by atoms with E-state index in [1.807, 2.05) is 6.07 Å². The molecule has 0 aliphatic carbocycles. The Morgan fingerprint density at radius 1 is 0.593 bits per heavy atom. The van der Waals surface area contributed by atoms with E-state index in [4.69, 9.17) is 9.47 Å². The zero-order valence-corrected chi connectivity index (χ0v) is 14.3. The molecule has 0 saturated carbocycles. The first-order valence-corrected chi connectivity index (χ1v) is 8.26. The van der Waals surface area contributed by atoms with Gasteiger partial charge in [0.25, 0.3) is 0 Å². The van der Waals surface area contributed by atoms with Crippen LogP contribution in [0.4, 0.5) is 0 Å². The Hall–Kier alpha value is -3.73. The SMILES string of the molecule is O=C(COC(=O)c1ccccc1)c1ccc(OC(=O)c2ccccc2)cc1. The molecule has 27 heavy (non-hydrogen) atoms. The Labute approximate surface area is 156 Å². The summed E-state index contributed by atoms with van der Waals surface area (Å²) in [5.41, 5.74) is 1.18. The topological polar surface area (TPSA) is 69.7 Å². The highest BCUT2D eigenvalue weighted by Gasteiger charge is 2.13. The van der Waals surface area contributed by atoms with Crippen molar-refractivity contribution in [3.8, 4) is 5.75 Å². The molecular formula is C22H16O5. The lowest BCUT2D eigenvalue weighted by Gasteiger charge is -2.06. The second-order valence-corrected chi connectivity index (χ2v) is 5.65. The predicted molar refractivity (Wildman–Crippen MR) is 98.9 cm³/mol. The first-order valence-electron chi connectivity index (χ1n) is 8.26. The maximum absolute atomic E-state index is 12.2. The average Bonchev–Trinajstić information content (AvgIpc) is 2.73. The van der Waals surface area contributed by atoms with E-state index in [1.54, 1.807) is 54.6 Å². The summed E-state index contributed by atoms with van der Waals surface area (Å²) in [6.07, 6.45) is 0. The number of carbonyl (C=O) groups is 3. The minimum atomic E-state index is -0.558. The van der Waals surface area contributed by atoms with Gasteiger partial charge in [0.05, 0.1) is 11.1 Å². The van der Waals surface area contributed by atoms with E-state index in [9.17, 15) is 14.4 Å². The van der Waals surface area contributed by atoms with Crippen LogP contribution in [-0.4, -0.2) is 24.3 Å². The molecule has 0 heterocycles. The number of benzene rings is 3. The van der Waals surface area contributed by atoms with Gasteiger partial charge in [-0.3, -0.25) is 4.79 Å². The van der Waals surface area contributed by atoms with Gasteiger partial charge in [-0.25, -0.2) is 9.59 Å². The summed E-state index contributed by atoms with van der Waals surface area (Å²) in [5.74, 6) is -1.06. The van der Waals surface area contributed by atoms with Gasteiger partial charge in [0.2, 0.25) is 0 Å². The molecule has 0 aliphatic rings. The molecule has 0 amide bonds. The highest BCUT2D eigenvalue weighted by Crippen LogP contribution is 2.15. The Kier molecular flexibility index (Phi) is 5.74. The summed E-state index contributed by atoms with van der Waals surface area (Å²) < 4.78 is 10.3. The van der Waals surface area contributed by atoms with Crippen molar-refractivity contribution < 1.29 is 23.9 Å². The Bertz CT molecular complexity index is 931. The quantitative estimate of drug-likeness (QED) is 0.378. The van der Waals surface area contributed by atoms with E-state index in [1.165, 1.54) is 24.3 Å². The Balaban J connectivity index is 1.56. The van der Waals surface area contributed by atoms with Crippen LogP contribution in [0.25, 0.3) is 0 Å². The van der Waals surface area contributed by atoms with Crippen LogP contribution in [0, 0.1) is 0 Å². The molecule has 0 radical (unpaired) electrons. The van der Waals surface area contributed by atoms with Crippen LogP contribution in [0.5, 0.6) is 5.75 Å². The minimum Gasteiger partial charge on any atom is -0.454 e. The summed E-state index contributed by atoms with van der Waals surface area (Å²) in [6, 6.07) is 23.1. The third-order valence-corrected chi connectivity index (χ3v) is 3.74. The molecule has 0 aromatic heterocycles. The predicted octanol–water partition coefficient (Wildman–Crippen LogP) is 3.95. The van der Waals surface area contributed by atoms with Crippen LogP contribution in [-0.2, 0) is 4.74 Å². The summed E-state index contributed by atoms with van der Waals surface area (Å²) in [7, 11) is 0. The maximum Gasteiger partial charge on any atom is 0.343 e. The van der Waals surface area contributed by atoms with Crippen molar-refractivity contribution in [3.05, 3.63) is 102 Å². The van der Waals surface area contributed by atoms with Gasteiger partial charge in [-0.05, 0) is 48.5 Å². The number of carbonyl (C=O) groups excluding carboxylic acids is 3. The number of hydrogen-bond donors (Lipinski definition) is 0. The lowest BCUT2D eigenvalue weighted by atomic mass is 10.1. The number of hydrogen-bond acceptors (Lipinski definition) is 5. The molecule has 0 spiro atoms. The van der Waals surface area contributed by atoms with Crippen LogP contribution in [0.2, 0.25) is 0 Å². The molecule has 0 atom stereocenters. The molecule has 0 N–H and O–H groups in total. The zero-order valence-electron chi connectivity index (χ0n) is 14.3. The first-order chi connectivity index (χ1) is 13.1. The summed E-state index contributed by atoms with van der Waals surface area (Å²) in [6.45, 7) is -0.364. The largest absolute Gasteiger partial charge is 0.454 e.